The monoisotopic (exact) mass is 307 g/mol. The van der Waals surface area contributed by atoms with Gasteiger partial charge in [0, 0.05) is 12.1 Å². The van der Waals surface area contributed by atoms with Crippen molar-refractivity contribution in [1.29, 1.82) is 0 Å². The molecule has 0 aromatic heterocycles. The third kappa shape index (κ3) is 2.88. The molecule has 1 N–H and O–H groups in total. The average molecular weight is 308 g/mol. The van der Waals surface area contributed by atoms with Crippen molar-refractivity contribution in [3.63, 3.8) is 0 Å². The molecule has 1 aliphatic rings. The number of nitrogens with one attached hydrogen (secondary N) is 1. The van der Waals surface area contributed by atoms with Crippen LogP contribution in [0.25, 0.3) is 0 Å². The fourth-order valence-corrected chi connectivity index (χ4v) is 3.12. The van der Waals surface area contributed by atoms with Crippen molar-refractivity contribution >= 4 is 33.4 Å². The first-order valence-corrected chi connectivity index (χ1v) is 7.10. The molecule has 1 aromatic carbocycles. The van der Waals surface area contributed by atoms with Gasteiger partial charge in [-0.3, -0.25) is 0 Å². The molecule has 1 nitrogen and oxygen atoms in total. The molecule has 1 saturated heterocycles. The number of benzene rings is 1. The molecule has 0 aliphatic carbocycles. The van der Waals surface area contributed by atoms with Crippen molar-refractivity contribution in [3.8, 4) is 0 Å². The van der Waals surface area contributed by atoms with Crippen LogP contribution in [-0.2, 0) is 0 Å². The molecule has 0 amide bonds. The molecule has 1 fully saturated rings. The molecule has 0 atom stereocenters. The summed E-state index contributed by atoms with van der Waals surface area (Å²) in [6.07, 6.45) is 2.00. The van der Waals surface area contributed by atoms with E-state index in [-0.39, 0.29) is 16.2 Å². The molecule has 0 unspecified atom stereocenters. The van der Waals surface area contributed by atoms with E-state index in [0.717, 1.165) is 30.4 Å². The maximum Gasteiger partial charge on any atom is 0.147 e. The van der Waals surface area contributed by atoms with Gasteiger partial charge in [-0.15, -0.1) is 0 Å². The normalized spacial score (nSPS) is 17.4. The predicted octanol–water partition coefficient (Wildman–Crippen LogP) is 4.03. The second kappa shape index (κ2) is 5.36. The largest absolute Gasteiger partial charge is 0.380 e. The average Bonchev–Trinajstić information content (AvgIpc) is 2.27. The fourth-order valence-electron chi connectivity index (χ4n) is 1.70. The van der Waals surface area contributed by atoms with Crippen molar-refractivity contribution < 1.29 is 8.78 Å². The van der Waals surface area contributed by atoms with Gasteiger partial charge in [0.25, 0.3) is 0 Å². The summed E-state index contributed by atoms with van der Waals surface area (Å²) in [5, 5.41) is 3.07. The van der Waals surface area contributed by atoms with Gasteiger partial charge in [0.05, 0.1) is 10.2 Å². The summed E-state index contributed by atoms with van der Waals surface area (Å²) in [6.45, 7) is 0. The fraction of sp³-hybridized carbons (Fsp3) is 0.455. The second-order valence-corrected chi connectivity index (χ2v) is 5.86. The summed E-state index contributed by atoms with van der Waals surface area (Å²) < 4.78 is 26.9. The van der Waals surface area contributed by atoms with E-state index in [2.05, 4.69) is 21.2 Å². The highest BCUT2D eigenvalue weighted by Crippen LogP contribution is 2.26. The van der Waals surface area contributed by atoms with Crippen LogP contribution in [-0.4, -0.2) is 17.5 Å². The maximum atomic E-state index is 13.5. The van der Waals surface area contributed by atoms with Crippen LogP contribution in [0.15, 0.2) is 16.6 Å². The maximum absolute atomic E-state index is 13.5. The minimum absolute atomic E-state index is 0.162. The van der Waals surface area contributed by atoms with Gasteiger partial charge in [-0.05, 0) is 46.3 Å². The molecule has 1 heterocycles. The molecule has 16 heavy (non-hydrogen) atoms. The summed E-state index contributed by atoms with van der Waals surface area (Å²) >= 11 is 4.86. The van der Waals surface area contributed by atoms with Crippen LogP contribution in [0, 0.1) is 11.6 Å². The topological polar surface area (TPSA) is 12.0 Å². The van der Waals surface area contributed by atoms with Gasteiger partial charge in [-0.1, -0.05) is 0 Å². The Morgan fingerprint density at radius 2 is 1.88 bits per heavy atom. The van der Waals surface area contributed by atoms with Crippen LogP contribution in [0.3, 0.4) is 0 Å². The Kier molecular flexibility index (Phi) is 4.08. The Bertz CT molecular complexity index is 380. The van der Waals surface area contributed by atoms with Crippen molar-refractivity contribution in [3.05, 3.63) is 28.2 Å². The standard InChI is InChI=1S/C11H12BrF2NS/c12-8-5-10(14)11(6-9(8)13)15-7-1-3-16-4-2-7/h5-7,15H,1-4H2. The van der Waals surface area contributed by atoms with Crippen LogP contribution in [0.4, 0.5) is 14.5 Å². The molecule has 0 spiro atoms. The zero-order valence-electron chi connectivity index (χ0n) is 8.60. The Hall–Kier alpha value is -0.290. The lowest BCUT2D eigenvalue weighted by atomic mass is 10.1. The van der Waals surface area contributed by atoms with Gasteiger partial charge in [0.2, 0.25) is 0 Å². The van der Waals surface area contributed by atoms with Gasteiger partial charge in [0.15, 0.2) is 0 Å². The van der Waals surface area contributed by atoms with E-state index in [1.807, 2.05) is 11.8 Å². The first kappa shape index (κ1) is 12.2. The Labute approximate surface area is 106 Å². The third-order valence-electron chi connectivity index (χ3n) is 2.59. The molecule has 5 heteroatoms. The van der Waals surface area contributed by atoms with Gasteiger partial charge in [-0.25, -0.2) is 8.78 Å². The lowest BCUT2D eigenvalue weighted by Gasteiger charge is -2.23. The molecule has 2 rings (SSSR count). The molecule has 1 aromatic rings. The molecular formula is C11H12BrF2NS. The van der Waals surface area contributed by atoms with Gasteiger partial charge in [0.1, 0.15) is 11.6 Å². The van der Waals surface area contributed by atoms with Crippen molar-refractivity contribution in [2.24, 2.45) is 0 Å². The van der Waals surface area contributed by atoms with Crippen LogP contribution in [0.1, 0.15) is 12.8 Å². The summed E-state index contributed by atoms with van der Waals surface area (Å²) in [5.74, 6) is 1.32. The molecular weight excluding hydrogens is 296 g/mol. The molecule has 0 saturated carbocycles. The Morgan fingerprint density at radius 3 is 2.56 bits per heavy atom. The van der Waals surface area contributed by atoms with Crippen molar-refractivity contribution in [2.45, 2.75) is 18.9 Å². The number of rotatable bonds is 2. The number of halogens is 3. The third-order valence-corrected chi connectivity index (χ3v) is 4.25. The van der Waals surface area contributed by atoms with E-state index >= 15 is 0 Å². The quantitative estimate of drug-likeness (QED) is 0.828. The zero-order chi connectivity index (χ0) is 11.5. The second-order valence-electron chi connectivity index (χ2n) is 3.78. The van der Waals surface area contributed by atoms with Gasteiger partial charge in [-0.2, -0.15) is 11.8 Å². The minimum atomic E-state index is -0.436. The number of anilines is 1. The Balaban J connectivity index is 2.11. The van der Waals surface area contributed by atoms with E-state index in [4.69, 9.17) is 0 Å². The lowest BCUT2D eigenvalue weighted by Crippen LogP contribution is -2.25. The zero-order valence-corrected chi connectivity index (χ0v) is 11.0. The highest BCUT2D eigenvalue weighted by atomic mass is 79.9. The summed E-state index contributed by atoms with van der Waals surface area (Å²) in [6, 6.07) is 2.63. The van der Waals surface area contributed by atoms with E-state index in [9.17, 15) is 8.78 Å². The lowest BCUT2D eigenvalue weighted by molar-refractivity contribution is 0.588. The first-order valence-electron chi connectivity index (χ1n) is 5.15. The van der Waals surface area contributed by atoms with Crippen LogP contribution < -0.4 is 5.32 Å². The predicted molar refractivity (Wildman–Crippen MR) is 68.0 cm³/mol. The van der Waals surface area contributed by atoms with E-state index < -0.39 is 11.6 Å². The summed E-state index contributed by atoms with van der Waals surface area (Å²) in [4.78, 5) is 0. The van der Waals surface area contributed by atoms with Crippen molar-refractivity contribution in [1.82, 2.24) is 0 Å². The summed E-state index contributed by atoms with van der Waals surface area (Å²) in [5.41, 5.74) is 0.262. The van der Waals surface area contributed by atoms with Gasteiger partial charge < -0.3 is 5.32 Å². The van der Waals surface area contributed by atoms with E-state index in [1.54, 1.807) is 0 Å². The molecule has 1 aliphatic heterocycles. The van der Waals surface area contributed by atoms with Crippen LogP contribution in [0.2, 0.25) is 0 Å². The molecule has 88 valence electrons. The van der Waals surface area contributed by atoms with E-state index in [0.29, 0.717) is 0 Å². The smallest absolute Gasteiger partial charge is 0.147 e. The number of thioether (sulfide) groups is 1. The number of hydrogen-bond acceptors (Lipinski definition) is 2. The van der Waals surface area contributed by atoms with E-state index in [1.165, 1.54) is 6.07 Å². The Morgan fingerprint density at radius 1 is 1.19 bits per heavy atom. The molecule has 0 bridgehead atoms. The number of hydrogen-bond donors (Lipinski definition) is 1. The highest BCUT2D eigenvalue weighted by Gasteiger charge is 2.16. The van der Waals surface area contributed by atoms with Crippen LogP contribution >= 0.6 is 27.7 Å². The summed E-state index contributed by atoms with van der Waals surface area (Å²) in [7, 11) is 0. The SMILES string of the molecule is Fc1cc(NC2CCSCC2)c(F)cc1Br. The molecule has 0 radical (unpaired) electrons. The van der Waals surface area contributed by atoms with Crippen molar-refractivity contribution in [2.75, 3.05) is 16.8 Å². The highest BCUT2D eigenvalue weighted by molar-refractivity contribution is 9.10. The van der Waals surface area contributed by atoms with Crippen LogP contribution in [0.5, 0.6) is 0 Å². The first-order chi connectivity index (χ1) is 7.66. The minimum Gasteiger partial charge on any atom is -0.380 e. The van der Waals surface area contributed by atoms with Gasteiger partial charge >= 0.3 is 0 Å².